The van der Waals surface area contributed by atoms with E-state index in [0.29, 0.717) is 12.8 Å². The molecule has 0 aromatic carbocycles. The molecule has 8 aliphatic rings. The molecular weight excluding hydrogens is 1940 g/mol. The van der Waals surface area contributed by atoms with Crippen molar-refractivity contribution in [3.05, 3.63) is 12.2 Å². The van der Waals surface area contributed by atoms with Crippen molar-refractivity contribution >= 4 is 29.5 Å². The number of hydrogen-bond donors (Lipinski definition) is 27. The van der Waals surface area contributed by atoms with Crippen LogP contribution in [0, 0.1) is 0 Å². The van der Waals surface area contributed by atoms with E-state index in [2.05, 4.69) is 40.4 Å². The van der Waals surface area contributed by atoms with Crippen LogP contribution in [0.15, 0.2) is 12.2 Å². The van der Waals surface area contributed by atoms with Crippen molar-refractivity contribution in [2.45, 2.75) is 517 Å². The van der Waals surface area contributed by atoms with Gasteiger partial charge in [-0.25, -0.2) is 0 Å². The Morgan fingerprint density at radius 1 is 0.274 bits per heavy atom. The summed E-state index contributed by atoms with van der Waals surface area (Å²) in [6.07, 6.45) is -33.1. The Labute approximate surface area is 853 Å². The van der Waals surface area contributed by atoms with E-state index in [9.17, 15) is 136 Å². The molecule has 8 saturated heterocycles. The molecule has 5 amide bonds. The highest BCUT2D eigenvalue weighted by molar-refractivity contribution is 5.76. The highest BCUT2D eigenvalue weighted by atomic mass is 16.8. The number of aliphatic hydroxyl groups is 22. The van der Waals surface area contributed by atoms with E-state index < -0.39 is 347 Å². The smallest absolute Gasteiger partial charge is 0.220 e. The largest absolute Gasteiger partial charge is 0.394 e. The van der Waals surface area contributed by atoms with Crippen molar-refractivity contribution in [2.75, 3.05) is 59.5 Å². The summed E-state index contributed by atoms with van der Waals surface area (Å²) in [6, 6.07) is -8.19. The number of carbonyl (C=O) groups excluding carboxylic acids is 5. The summed E-state index contributed by atoms with van der Waals surface area (Å²) in [5, 5.41) is 264. The molecular formula is C98H175N5O43. The molecule has 0 aliphatic carbocycles. The van der Waals surface area contributed by atoms with Crippen LogP contribution in [0.1, 0.15) is 260 Å². The molecule has 0 radical (unpaired) electrons. The van der Waals surface area contributed by atoms with E-state index in [0.717, 1.165) is 91.9 Å². The fourth-order valence-corrected chi connectivity index (χ4v) is 19.8. The summed E-state index contributed by atoms with van der Waals surface area (Å²) < 4.78 is 96.8. The zero-order valence-corrected chi connectivity index (χ0v) is 85.2. The lowest BCUT2D eigenvalue weighted by Crippen LogP contribution is -2.71. The zero-order chi connectivity index (χ0) is 107. The number of allylic oxidation sites excluding steroid dienone is 1. The first-order valence-corrected chi connectivity index (χ1v) is 53.0. The normalized spacial score (nSPS) is 37.6. The van der Waals surface area contributed by atoms with Crippen LogP contribution < -0.4 is 26.6 Å². The van der Waals surface area contributed by atoms with Crippen LogP contribution in [0.5, 0.6) is 0 Å². The van der Waals surface area contributed by atoms with E-state index in [1.54, 1.807) is 6.08 Å². The summed E-state index contributed by atoms with van der Waals surface area (Å²) in [4.78, 5) is 65.0. The maximum Gasteiger partial charge on any atom is 0.220 e. The molecule has 48 heteroatoms. The summed E-state index contributed by atoms with van der Waals surface area (Å²) in [7, 11) is 0. The molecule has 0 aromatic rings. The average Bonchev–Trinajstić information content (AvgIpc) is 0.768. The Balaban J connectivity index is 1.01. The molecule has 0 saturated carbocycles. The Bertz CT molecular complexity index is 3640. The summed E-state index contributed by atoms with van der Waals surface area (Å²) in [5.74, 6) is -3.79. The van der Waals surface area contributed by atoms with Gasteiger partial charge in [0.15, 0.2) is 50.3 Å². The standard InChI is InChI=1S/C98H175N5O43/c1-7-9-11-13-15-17-19-21-22-23-24-25-26-27-28-30-32-34-36-38-40-42-66(116)103-56(57(115)41-39-37-35-33-31-29-20-18-16-14-12-10-8-2)50-131-95-81(127)79(125)87(63(48-109)138-95)143-98-84(130)90(146-97-83(129)89(74(120)61(46-107)136-97)145-94-70(102-55(6)114)88(73(119)60(45-106)135-94)144-93-68(100-53(4)112)77(123)72(118)59(44-105)134-93)75(121)65(140-98)51-132-91-69(101-54(5)113)78(124)85(62(47-108)137-91)142-96-82(128)80(126)86(64(49-110)139-96)141-92-67(99-52(3)111)76(122)71(117)58(43-104)133-92/h39,41,56-65,67-98,104-110,115,117-130H,7-38,40,42-51H2,1-6H3,(H,99,111)(H,100,112)(H,101,113)(H,102,114)(H,103,116)/b41-39+/t56-,57+,58?,59?,60?,61?,62?,63?,64?,65?,67?,68?,69?,70?,71-,72-,73-,74-,75-,76+,77+,78+,79+,80+,81?,82?,83?,84?,85+,86-,87+,88+,89-,90-,91+,92-,93+,94-,95+,96-,97+,98-/m0/s1. The number of nitrogens with one attached hydrogen (secondary N) is 5. The molecule has 8 fully saturated rings. The number of carbonyl (C=O) groups is 5. The van der Waals surface area contributed by atoms with Crippen LogP contribution >= 0.6 is 0 Å². The van der Waals surface area contributed by atoms with Crippen LogP contribution in [-0.4, -0.2) is 459 Å². The highest BCUT2D eigenvalue weighted by Crippen LogP contribution is 2.40. The van der Waals surface area contributed by atoms with Gasteiger partial charge < -0.3 is 215 Å². The van der Waals surface area contributed by atoms with Crippen LogP contribution in [0.2, 0.25) is 0 Å². The number of hydrogen-bond acceptors (Lipinski definition) is 43. The Morgan fingerprint density at radius 3 is 0.959 bits per heavy atom. The van der Waals surface area contributed by atoms with E-state index >= 15 is 0 Å². The minimum absolute atomic E-state index is 0.101. The number of rotatable bonds is 66. The molecule has 8 rings (SSSR count). The maximum absolute atomic E-state index is 13.9. The minimum Gasteiger partial charge on any atom is -0.394 e. The van der Waals surface area contributed by atoms with Crippen molar-refractivity contribution < 1.29 is 212 Å². The number of ether oxygens (including phenoxy) is 16. The number of unbranched alkanes of at least 4 members (excludes halogenated alkanes) is 31. The van der Waals surface area contributed by atoms with Gasteiger partial charge in [-0.2, -0.15) is 0 Å². The second kappa shape index (κ2) is 66.7. The van der Waals surface area contributed by atoms with Gasteiger partial charge >= 0.3 is 0 Å². The third-order valence-corrected chi connectivity index (χ3v) is 28.2. The first kappa shape index (κ1) is 127. The second-order valence-corrected chi connectivity index (χ2v) is 39.9. The lowest BCUT2D eigenvalue weighted by molar-refractivity contribution is -0.392. The molecule has 8 heterocycles. The van der Waals surface area contributed by atoms with Gasteiger partial charge in [-0.3, -0.25) is 24.0 Å². The van der Waals surface area contributed by atoms with Gasteiger partial charge in [-0.05, 0) is 19.3 Å². The van der Waals surface area contributed by atoms with Crippen molar-refractivity contribution in [3.63, 3.8) is 0 Å². The van der Waals surface area contributed by atoms with Crippen molar-refractivity contribution in [3.8, 4) is 0 Å². The zero-order valence-electron chi connectivity index (χ0n) is 85.2. The SMILES string of the molecule is CCCCCCCCCCCCC/C=C/[C@@H](O)[C@H](CO[C@@H]1OC(CO)[C@@H](O[C@@H]2OC(CO[C@@H]3OC(CO)[C@@H](O[C@@H]4OC(CO)[C@H](O[C@@H]5OC(CO)[C@H](O)[C@H](O)C5NC(C)=O)[C@H](O)C4O)[C@H](O)C3NC(C)=O)[C@H](O)[C@H](O[C@H]3OC(CO)[C@H](O)[C@H](O[C@@H]4OC(CO)[C@H](O)[C@H](O[C@H]5OC(CO)[C@H](O)[C@H](O)C5NC(C)=O)C4NC(C)=O)C3O)C2O)[C@H](O)C1O)NC(=O)CCCCCCCCCCCCCCCCCCCCCCC. The topological polar surface area (TPSA) is 738 Å². The molecule has 16 unspecified atom stereocenters. The molecule has 850 valence electrons. The molecule has 0 bridgehead atoms. The molecule has 42 atom stereocenters. The van der Waals surface area contributed by atoms with Crippen LogP contribution in [0.4, 0.5) is 0 Å². The van der Waals surface area contributed by atoms with Crippen molar-refractivity contribution in [1.82, 2.24) is 26.6 Å². The highest BCUT2D eigenvalue weighted by Gasteiger charge is 2.61. The first-order chi connectivity index (χ1) is 70.0. The van der Waals surface area contributed by atoms with E-state index in [4.69, 9.17) is 75.8 Å². The molecule has 48 nitrogen and oxygen atoms in total. The molecule has 0 spiro atoms. The molecule has 27 N–H and O–H groups in total. The van der Waals surface area contributed by atoms with Gasteiger partial charge in [0.05, 0.1) is 71.6 Å². The van der Waals surface area contributed by atoms with Crippen LogP contribution in [0.25, 0.3) is 0 Å². The van der Waals surface area contributed by atoms with Crippen molar-refractivity contribution in [2.24, 2.45) is 0 Å². The Morgan fingerprint density at radius 2 is 0.555 bits per heavy atom. The molecule has 0 aromatic heterocycles. The van der Waals surface area contributed by atoms with Gasteiger partial charge in [0.25, 0.3) is 0 Å². The van der Waals surface area contributed by atoms with Gasteiger partial charge in [-0.1, -0.05) is 219 Å². The summed E-state index contributed by atoms with van der Waals surface area (Å²) in [5.41, 5.74) is 0. The predicted octanol–water partition coefficient (Wildman–Crippen LogP) is -4.15. The maximum atomic E-state index is 13.9. The fraction of sp³-hybridized carbons (Fsp3) is 0.929. The Kier molecular flexibility index (Phi) is 57.9. The third kappa shape index (κ3) is 38.0. The summed E-state index contributed by atoms with van der Waals surface area (Å²) >= 11 is 0. The Hall–Kier alpha value is -4.43. The van der Waals surface area contributed by atoms with E-state index in [-0.39, 0.29) is 6.42 Å². The number of amides is 5. The quantitative estimate of drug-likeness (QED) is 0.0203. The second-order valence-electron chi connectivity index (χ2n) is 39.9. The number of aliphatic hydroxyl groups excluding tert-OH is 22. The monoisotopic (exact) mass is 2110 g/mol. The van der Waals surface area contributed by atoms with E-state index in [1.165, 1.54) is 141 Å². The minimum atomic E-state index is -2.47. The molecule has 8 aliphatic heterocycles. The lowest BCUT2D eigenvalue weighted by Gasteiger charge is -2.51. The fourth-order valence-electron chi connectivity index (χ4n) is 19.8. The third-order valence-electron chi connectivity index (χ3n) is 28.2. The van der Waals surface area contributed by atoms with Gasteiger partial charge in [0, 0.05) is 34.1 Å². The van der Waals surface area contributed by atoms with E-state index in [1.807, 2.05) is 0 Å². The van der Waals surface area contributed by atoms with Crippen LogP contribution in [0.3, 0.4) is 0 Å². The predicted molar refractivity (Wildman–Crippen MR) is 510 cm³/mol. The van der Waals surface area contributed by atoms with Crippen molar-refractivity contribution in [1.29, 1.82) is 0 Å². The van der Waals surface area contributed by atoms with Gasteiger partial charge in [-0.15, -0.1) is 0 Å². The van der Waals surface area contributed by atoms with Crippen LogP contribution in [-0.2, 0) is 99.8 Å². The summed E-state index contributed by atoms with van der Waals surface area (Å²) in [6.45, 7) is -0.515. The lowest BCUT2D eigenvalue weighted by atomic mass is 9.93. The average molecular weight is 2110 g/mol. The molecule has 146 heavy (non-hydrogen) atoms. The first-order valence-electron chi connectivity index (χ1n) is 53.0. The van der Waals surface area contributed by atoms with Gasteiger partial charge in [0.1, 0.15) is 195 Å². The van der Waals surface area contributed by atoms with Gasteiger partial charge in [0.2, 0.25) is 29.5 Å².